The molecule has 1 aromatic heterocycles. The predicted molar refractivity (Wildman–Crippen MR) is 69.2 cm³/mol. The average molecular weight is 293 g/mol. The number of carboxylic acid groups (broad SMARTS) is 1. The second kappa shape index (κ2) is 5.53. The number of pyridine rings is 1. The molecule has 1 N–H and O–H groups in total. The van der Waals surface area contributed by atoms with E-state index < -0.39 is 15.8 Å². The van der Waals surface area contributed by atoms with Crippen molar-refractivity contribution < 1.29 is 18.3 Å². The number of aromatic nitrogens is 1. The largest absolute Gasteiger partial charge is 0.478 e. The van der Waals surface area contributed by atoms with E-state index in [1.54, 1.807) is 7.05 Å². The SMILES string of the molecule is CN(CCS(C)(=O)=O)c1nccc(C(=O)O)c1Cl. The minimum atomic E-state index is -3.10. The van der Waals surface area contributed by atoms with Gasteiger partial charge in [0.2, 0.25) is 0 Å². The van der Waals surface area contributed by atoms with Gasteiger partial charge in [0, 0.05) is 26.0 Å². The standard InChI is InChI=1S/C10H13ClN2O4S/c1-13(5-6-18(2,16)17)9-8(11)7(10(14)15)3-4-12-9/h3-4H,5-6H2,1-2H3,(H,14,15). The van der Waals surface area contributed by atoms with Crippen molar-refractivity contribution in [3.8, 4) is 0 Å². The molecule has 0 fully saturated rings. The van der Waals surface area contributed by atoms with Crippen LogP contribution in [0.15, 0.2) is 12.3 Å². The number of aromatic carboxylic acids is 1. The third kappa shape index (κ3) is 3.85. The van der Waals surface area contributed by atoms with Gasteiger partial charge in [-0.1, -0.05) is 11.6 Å². The number of carboxylic acids is 1. The average Bonchev–Trinajstić information content (AvgIpc) is 2.24. The van der Waals surface area contributed by atoms with Crippen molar-refractivity contribution in [2.24, 2.45) is 0 Å². The quantitative estimate of drug-likeness (QED) is 0.868. The maximum Gasteiger partial charge on any atom is 0.337 e. The number of anilines is 1. The number of sulfone groups is 1. The minimum absolute atomic E-state index is 0.000927. The first-order chi connectivity index (χ1) is 8.22. The molecule has 0 amide bonds. The molecule has 0 saturated heterocycles. The Morgan fingerprint density at radius 2 is 2.17 bits per heavy atom. The van der Waals surface area contributed by atoms with Crippen molar-refractivity contribution in [2.45, 2.75) is 0 Å². The lowest BCUT2D eigenvalue weighted by molar-refractivity contribution is 0.0697. The Kier molecular flexibility index (Phi) is 4.53. The summed E-state index contributed by atoms with van der Waals surface area (Å²) in [6.07, 6.45) is 2.45. The van der Waals surface area contributed by atoms with E-state index in [1.807, 2.05) is 0 Å². The van der Waals surface area contributed by atoms with Crippen molar-refractivity contribution in [1.29, 1.82) is 0 Å². The molecule has 100 valence electrons. The highest BCUT2D eigenvalue weighted by molar-refractivity contribution is 7.90. The Bertz CT molecular complexity index is 559. The maximum absolute atomic E-state index is 11.1. The van der Waals surface area contributed by atoms with E-state index in [-0.39, 0.29) is 28.7 Å². The summed E-state index contributed by atoms with van der Waals surface area (Å²) in [4.78, 5) is 16.4. The number of hydrogen-bond acceptors (Lipinski definition) is 5. The van der Waals surface area contributed by atoms with E-state index in [0.29, 0.717) is 0 Å². The monoisotopic (exact) mass is 292 g/mol. The van der Waals surface area contributed by atoms with Gasteiger partial charge in [0.1, 0.15) is 15.7 Å². The van der Waals surface area contributed by atoms with Crippen LogP contribution in [0.25, 0.3) is 0 Å². The highest BCUT2D eigenvalue weighted by atomic mass is 35.5. The van der Waals surface area contributed by atoms with Gasteiger partial charge >= 0.3 is 5.97 Å². The Labute approximate surface area is 110 Å². The van der Waals surface area contributed by atoms with Gasteiger partial charge in [-0.3, -0.25) is 0 Å². The fraction of sp³-hybridized carbons (Fsp3) is 0.400. The molecule has 1 heterocycles. The van der Waals surface area contributed by atoms with E-state index in [4.69, 9.17) is 16.7 Å². The van der Waals surface area contributed by atoms with Crippen molar-refractivity contribution in [2.75, 3.05) is 30.5 Å². The third-order valence-electron chi connectivity index (χ3n) is 2.26. The van der Waals surface area contributed by atoms with Gasteiger partial charge in [-0.25, -0.2) is 18.2 Å². The Morgan fingerprint density at radius 1 is 1.56 bits per heavy atom. The highest BCUT2D eigenvalue weighted by Crippen LogP contribution is 2.25. The summed E-state index contributed by atoms with van der Waals surface area (Å²) in [5, 5.41) is 8.91. The number of halogens is 1. The van der Waals surface area contributed by atoms with Gasteiger partial charge in [-0.2, -0.15) is 0 Å². The van der Waals surface area contributed by atoms with Crippen molar-refractivity contribution >= 4 is 33.2 Å². The van der Waals surface area contributed by atoms with E-state index in [9.17, 15) is 13.2 Å². The number of nitrogens with zero attached hydrogens (tertiary/aromatic N) is 2. The van der Waals surface area contributed by atoms with Crippen LogP contribution >= 0.6 is 11.6 Å². The van der Waals surface area contributed by atoms with Gasteiger partial charge in [0.15, 0.2) is 0 Å². The summed E-state index contributed by atoms with van der Waals surface area (Å²) >= 11 is 5.91. The van der Waals surface area contributed by atoms with E-state index >= 15 is 0 Å². The van der Waals surface area contributed by atoms with Crippen LogP contribution in [0.2, 0.25) is 5.02 Å². The second-order valence-electron chi connectivity index (χ2n) is 3.85. The zero-order valence-electron chi connectivity index (χ0n) is 9.92. The summed E-state index contributed by atoms with van der Waals surface area (Å²) in [7, 11) is -1.49. The molecule has 1 aromatic rings. The molecule has 0 bridgehead atoms. The minimum Gasteiger partial charge on any atom is -0.478 e. The summed E-state index contributed by atoms with van der Waals surface area (Å²) < 4.78 is 22.1. The van der Waals surface area contributed by atoms with Crippen LogP contribution in [0.3, 0.4) is 0 Å². The molecule has 8 heteroatoms. The first-order valence-corrected chi connectivity index (χ1v) is 7.43. The van der Waals surface area contributed by atoms with Crippen molar-refractivity contribution in [1.82, 2.24) is 4.98 Å². The van der Waals surface area contributed by atoms with Crippen LogP contribution in [0.1, 0.15) is 10.4 Å². The molecule has 0 aromatic carbocycles. The van der Waals surface area contributed by atoms with E-state index in [2.05, 4.69) is 4.98 Å². The zero-order valence-corrected chi connectivity index (χ0v) is 11.5. The van der Waals surface area contributed by atoms with Crippen LogP contribution in [0.4, 0.5) is 5.82 Å². The van der Waals surface area contributed by atoms with Crippen molar-refractivity contribution in [3.05, 3.63) is 22.8 Å². The fourth-order valence-corrected chi connectivity index (χ4v) is 2.22. The van der Waals surface area contributed by atoms with Crippen LogP contribution in [0, 0.1) is 0 Å². The predicted octanol–water partition coefficient (Wildman–Crippen LogP) is 0.914. The highest BCUT2D eigenvalue weighted by Gasteiger charge is 2.16. The van der Waals surface area contributed by atoms with E-state index in [0.717, 1.165) is 6.26 Å². The van der Waals surface area contributed by atoms with Crippen LogP contribution in [-0.2, 0) is 9.84 Å². The lowest BCUT2D eigenvalue weighted by atomic mass is 10.2. The molecule has 0 aliphatic rings. The number of rotatable bonds is 5. The third-order valence-corrected chi connectivity index (χ3v) is 3.56. The second-order valence-corrected chi connectivity index (χ2v) is 6.49. The molecule has 0 aliphatic carbocycles. The number of hydrogen-bond donors (Lipinski definition) is 1. The summed E-state index contributed by atoms with van der Waals surface area (Å²) in [6.45, 7) is 0.189. The zero-order chi connectivity index (χ0) is 13.9. The lowest BCUT2D eigenvalue weighted by Gasteiger charge is -2.19. The van der Waals surface area contributed by atoms with Gasteiger partial charge in [-0.05, 0) is 6.07 Å². The van der Waals surface area contributed by atoms with Crippen LogP contribution in [0.5, 0.6) is 0 Å². The topological polar surface area (TPSA) is 87.6 Å². The molecule has 18 heavy (non-hydrogen) atoms. The first-order valence-electron chi connectivity index (χ1n) is 4.99. The molecular formula is C10H13ClN2O4S. The molecule has 1 rings (SSSR count). The Morgan fingerprint density at radius 3 is 2.67 bits per heavy atom. The maximum atomic E-state index is 11.1. The van der Waals surface area contributed by atoms with Gasteiger partial charge in [0.05, 0.1) is 16.3 Å². The molecule has 0 unspecified atom stereocenters. The van der Waals surface area contributed by atoms with E-state index in [1.165, 1.54) is 17.2 Å². The van der Waals surface area contributed by atoms with Gasteiger partial charge in [0.25, 0.3) is 0 Å². The number of carbonyl (C=O) groups is 1. The fourth-order valence-electron chi connectivity index (χ4n) is 1.27. The molecule has 6 nitrogen and oxygen atoms in total. The van der Waals surface area contributed by atoms with Crippen molar-refractivity contribution in [3.63, 3.8) is 0 Å². The van der Waals surface area contributed by atoms with Crippen LogP contribution < -0.4 is 4.90 Å². The summed E-state index contributed by atoms with van der Waals surface area (Å²) in [5.41, 5.74) is -0.0622. The molecule has 0 aliphatic heterocycles. The van der Waals surface area contributed by atoms with Gasteiger partial charge < -0.3 is 10.0 Å². The molecule has 0 radical (unpaired) electrons. The smallest absolute Gasteiger partial charge is 0.337 e. The summed E-state index contributed by atoms with van der Waals surface area (Å²) in [5.74, 6) is -0.959. The van der Waals surface area contributed by atoms with Crippen LogP contribution in [-0.4, -0.2) is 50.1 Å². The molecular weight excluding hydrogens is 280 g/mol. The normalized spacial score (nSPS) is 11.3. The Hall–Kier alpha value is -1.34. The first kappa shape index (κ1) is 14.7. The lowest BCUT2D eigenvalue weighted by Crippen LogP contribution is -2.26. The summed E-state index contributed by atoms with van der Waals surface area (Å²) in [6, 6.07) is 1.29. The molecule has 0 spiro atoms. The van der Waals surface area contributed by atoms with Gasteiger partial charge in [-0.15, -0.1) is 0 Å². The molecule has 0 saturated carbocycles. The molecule has 0 atom stereocenters. The Balaban J connectivity index is 2.96.